The Labute approximate surface area is 197 Å². The molecule has 1 aliphatic rings. The molecule has 10 heteroatoms. The SMILES string of the molecule is CCOc1ccc([C@@H]2C(C(=O)Nc3cccnc3)=C(C)Nc3nc(CCCO)nn32)cc1OC. The molecule has 0 saturated carbocycles. The molecule has 1 aliphatic heterocycles. The molecule has 3 heterocycles. The standard InChI is InChI=1S/C24H28N6O4/c1-4-34-18-10-9-16(13-19(18)33-3)22-21(23(32)27-17-7-5-11-25-14-17)15(2)26-24-28-20(8-6-12-31)29-30(22)24/h5,7,9-11,13-14,22,31H,4,6,8,12H2,1-3H3,(H,27,32)(H,26,28,29)/t22-/m1/s1. The van der Waals surface area contributed by atoms with Crippen molar-refractivity contribution in [2.24, 2.45) is 0 Å². The number of anilines is 2. The number of hydrogen-bond donors (Lipinski definition) is 3. The third kappa shape index (κ3) is 4.72. The zero-order valence-corrected chi connectivity index (χ0v) is 19.4. The Hall–Kier alpha value is -3.92. The van der Waals surface area contributed by atoms with Gasteiger partial charge < -0.3 is 25.2 Å². The van der Waals surface area contributed by atoms with Gasteiger partial charge in [-0.15, -0.1) is 0 Å². The number of aliphatic hydroxyl groups is 1. The van der Waals surface area contributed by atoms with E-state index in [0.29, 0.717) is 59.7 Å². The van der Waals surface area contributed by atoms with Gasteiger partial charge in [-0.1, -0.05) is 6.07 Å². The molecule has 178 valence electrons. The number of nitrogens with one attached hydrogen (secondary N) is 2. The molecule has 0 unspecified atom stereocenters. The molecule has 3 N–H and O–H groups in total. The number of allylic oxidation sites excluding steroid dienone is 1. The molecule has 0 spiro atoms. The summed E-state index contributed by atoms with van der Waals surface area (Å²) < 4.78 is 12.9. The number of benzene rings is 1. The van der Waals surface area contributed by atoms with Gasteiger partial charge in [0.05, 0.1) is 31.2 Å². The van der Waals surface area contributed by atoms with Crippen molar-refractivity contribution in [2.75, 3.05) is 31.0 Å². The Balaban J connectivity index is 1.79. The molecule has 0 aliphatic carbocycles. The van der Waals surface area contributed by atoms with E-state index in [1.807, 2.05) is 32.0 Å². The Kier molecular flexibility index (Phi) is 7.07. The highest BCUT2D eigenvalue weighted by molar-refractivity contribution is 6.05. The second-order valence-corrected chi connectivity index (χ2v) is 7.73. The van der Waals surface area contributed by atoms with Crippen molar-refractivity contribution >= 4 is 17.5 Å². The lowest BCUT2D eigenvalue weighted by Gasteiger charge is -2.29. The van der Waals surface area contributed by atoms with E-state index in [1.54, 1.807) is 36.3 Å². The van der Waals surface area contributed by atoms with Crippen LogP contribution in [0, 0.1) is 0 Å². The van der Waals surface area contributed by atoms with Crippen molar-refractivity contribution in [1.29, 1.82) is 0 Å². The monoisotopic (exact) mass is 464 g/mol. The van der Waals surface area contributed by atoms with Crippen molar-refractivity contribution in [3.05, 3.63) is 65.4 Å². The molecule has 1 atom stereocenters. The summed E-state index contributed by atoms with van der Waals surface area (Å²) in [5, 5.41) is 20.0. The van der Waals surface area contributed by atoms with E-state index >= 15 is 0 Å². The van der Waals surface area contributed by atoms with Gasteiger partial charge in [0.15, 0.2) is 17.3 Å². The Morgan fingerprint density at radius 2 is 2.15 bits per heavy atom. The number of aromatic nitrogens is 4. The van der Waals surface area contributed by atoms with Gasteiger partial charge in [-0.3, -0.25) is 9.78 Å². The molecule has 0 radical (unpaired) electrons. The van der Waals surface area contributed by atoms with E-state index in [-0.39, 0.29) is 12.5 Å². The molecule has 1 aromatic carbocycles. The third-order valence-corrected chi connectivity index (χ3v) is 5.42. The number of fused-ring (bicyclic) bond motifs is 1. The van der Waals surface area contributed by atoms with Crippen molar-refractivity contribution in [3.8, 4) is 11.5 Å². The molecule has 34 heavy (non-hydrogen) atoms. The van der Waals surface area contributed by atoms with Crippen molar-refractivity contribution in [1.82, 2.24) is 19.7 Å². The maximum absolute atomic E-state index is 13.5. The van der Waals surface area contributed by atoms with E-state index in [0.717, 1.165) is 5.56 Å². The predicted molar refractivity (Wildman–Crippen MR) is 127 cm³/mol. The summed E-state index contributed by atoms with van der Waals surface area (Å²) in [5.74, 6) is 2.01. The van der Waals surface area contributed by atoms with Gasteiger partial charge in [0.25, 0.3) is 5.91 Å². The minimum Gasteiger partial charge on any atom is -0.493 e. The number of methoxy groups -OCH3 is 1. The van der Waals surface area contributed by atoms with Crippen LogP contribution in [-0.4, -0.2) is 51.1 Å². The first-order chi connectivity index (χ1) is 16.5. The molecule has 0 saturated heterocycles. The van der Waals surface area contributed by atoms with E-state index in [9.17, 15) is 9.90 Å². The topological polar surface area (TPSA) is 123 Å². The van der Waals surface area contributed by atoms with E-state index in [1.165, 1.54) is 0 Å². The summed E-state index contributed by atoms with van der Waals surface area (Å²) in [4.78, 5) is 22.1. The zero-order valence-electron chi connectivity index (χ0n) is 19.4. The van der Waals surface area contributed by atoms with Crippen LogP contribution in [0.4, 0.5) is 11.6 Å². The summed E-state index contributed by atoms with van der Waals surface area (Å²) in [6.07, 6.45) is 4.30. The lowest BCUT2D eigenvalue weighted by atomic mass is 9.94. The third-order valence-electron chi connectivity index (χ3n) is 5.42. The van der Waals surface area contributed by atoms with Crippen LogP contribution in [-0.2, 0) is 11.2 Å². The van der Waals surface area contributed by atoms with Crippen LogP contribution in [0.25, 0.3) is 0 Å². The molecule has 0 bridgehead atoms. The maximum Gasteiger partial charge on any atom is 0.255 e. The van der Waals surface area contributed by atoms with Crippen molar-refractivity contribution in [3.63, 3.8) is 0 Å². The van der Waals surface area contributed by atoms with Gasteiger partial charge >= 0.3 is 0 Å². The number of nitrogens with zero attached hydrogens (tertiary/aromatic N) is 4. The number of pyridine rings is 1. The largest absolute Gasteiger partial charge is 0.493 e. The fourth-order valence-electron chi connectivity index (χ4n) is 3.90. The quantitative estimate of drug-likeness (QED) is 0.442. The summed E-state index contributed by atoms with van der Waals surface area (Å²) >= 11 is 0. The number of ether oxygens (including phenoxy) is 2. The van der Waals surface area contributed by atoms with Gasteiger partial charge in [-0.05, 0) is 50.1 Å². The van der Waals surface area contributed by atoms with Crippen LogP contribution in [0.1, 0.15) is 37.7 Å². The number of rotatable bonds is 9. The smallest absolute Gasteiger partial charge is 0.255 e. The molecule has 2 aromatic heterocycles. The Bertz CT molecular complexity index is 1190. The van der Waals surface area contributed by atoms with Gasteiger partial charge in [0, 0.05) is 24.9 Å². The molecule has 3 aromatic rings. The fraction of sp³-hybridized carbons (Fsp3) is 0.333. The predicted octanol–water partition coefficient (Wildman–Crippen LogP) is 2.93. The summed E-state index contributed by atoms with van der Waals surface area (Å²) in [7, 11) is 1.58. The molecule has 4 rings (SSSR count). The number of amides is 1. The highest BCUT2D eigenvalue weighted by Gasteiger charge is 2.35. The lowest BCUT2D eigenvalue weighted by Crippen LogP contribution is -2.31. The minimum atomic E-state index is -0.562. The van der Waals surface area contributed by atoms with Crippen LogP contribution in [0.3, 0.4) is 0 Å². The summed E-state index contributed by atoms with van der Waals surface area (Å²) in [5.41, 5.74) is 2.52. The fourth-order valence-corrected chi connectivity index (χ4v) is 3.90. The Morgan fingerprint density at radius 3 is 2.85 bits per heavy atom. The van der Waals surface area contributed by atoms with Crippen LogP contribution in [0.15, 0.2) is 54.0 Å². The number of aryl methyl sites for hydroxylation is 1. The second-order valence-electron chi connectivity index (χ2n) is 7.73. The van der Waals surface area contributed by atoms with Crippen LogP contribution in [0.2, 0.25) is 0 Å². The second kappa shape index (κ2) is 10.3. The highest BCUT2D eigenvalue weighted by atomic mass is 16.5. The average Bonchev–Trinajstić information content (AvgIpc) is 3.25. The van der Waals surface area contributed by atoms with Crippen molar-refractivity contribution < 1.29 is 19.4 Å². The number of carbonyl (C=O) groups is 1. The first-order valence-electron chi connectivity index (χ1n) is 11.1. The van der Waals surface area contributed by atoms with E-state index < -0.39 is 6.04 Å². The van der Waals surface area contributed by atoms with Crippen LogP contribution < -0.4 is 20.1 Å². The average molecular weight is 465 g/mol. The number of carbonyl (C=O) groups excluding carboxylic acids is 1. The molecular weight excluding hydrogens is 436 g/mol. The van der Waals surface area contributed by atoms with E-state index in [4.69, 9.17) is 9.47 Å². The van der Waals surface area contributed by atoms with Gasteiger partial charge in [0.1, 0.15) is 6.04 Å². The summed E-state index contributed by atoms with van der Waals surface area (Å²) in [6, 6.07) is 8.55. The van der Waals surface area contributed by atoms with E-state index in [2.05, 4.69) is 25.7 Å². The van der Waals surface area contributed by atoms with Gasteiger partial charge in [-0.2, -0.15) is 10.1 Å². The number of hydrogen-bond acceptors (Lipinski definition) is 8. The normalized spacial score (nSPS) is 14.9. The van der Waals surface area contributed by atoms with Crippen molar-refractivity contribution in [2.45, 2.75) is 32.7 Å². The molecule has 0 fully saturated rings. The highest BCUT2D eigenvalue weighted by Crippen LogP contribution is 2.39. The maximum atomic E-state index is 13.5. The van der Waals surface area contributed by atoms with Crippen LogP contribution >= 0.6 is 0 Å². The lowest BCUT2D eigenvalue weighted by molar-refractivity contribution is -0.113. The van der Waals surface area contributed by atoms with Crippen LogP contribution in [0.5, 0.6) is 11.5 Å². The van der Waals surface area contributed by atoms with Gasteiger partial charge in [-0.25, -0.2) is 4.68 Å². The summed E-state index contributed by atoms with van der Waals surface area (Å²) in [6.45, 7) is 4.29. The molecular formula is C24H28N6O4. The Morgan fingerprint density at radius 1 is 1.29 bits per heavy atom. The first-order valence-corrected chi connectivity index (χ1v) is 11.1. The molecule has 1 amide bonds. The minimum absolute atomic E-state index is 0.0485. The zero-order chi connectivity index (χ0) is 24.1. The molecule has 10 nitrogen and oxygen atoms in total. The van der Waals surface area contributed by atoms with Gasteiger partial charge in [0.2, 0.25) is 5.95 Å². The first kappa shape index (κ1) is 23.2. The number of aliphatic hydroxyl groups excluding tert-OH is 1.